The summed E-state index contributed by atoms with van der Waals surface area (Å²) in [6, 6.07) is 5.40. The number of rotatable bonds is 7. The Morgan fingerprint density at radius 2 is 1.96 bits per heavy atom. The van der Waals surface area contributed by atoms with Crippen molar-refractivity contribution in [3.63, 3.8) is 0 Å². The van der Waals surface area contributed by atoms with Gasteiger partial charge in [0.1, 0.15) is 5.75 Å². The van der Waals surface area contributed by atoms with Crippen LogP contribution < -0.4 is 14.8 Å². The fourth-order valence-corrected chi connectivity index (χ4v) is 2.09. The van der Waals surface area contributed by atoms with Crippen LogP contribution in [0.25, 0.3) is 6.08 Å². The largest absolute Gasteiger partial charge is 0.489 e. The fraction of sp³-hybridized carbons (Fsp3) is 0.316. The van der Waals surface area contributed by atoms with E-state index in [0.717, 1.165) is 5.56 Å². The summed E-state index contributed by atoms with van der Waals surface area (Å²) >= 11 is 0. The zero-order valence-corrected chi connectivity index (χ0v) is 14.9. The molecule has 0 spiro atoms. The molecule has 0 aromatic carbocycles. The molecule has 134 valence electrons. The Morgan fingerprint density at radius 3 is 2.60 bits per heavy atom. The number of carbonyl (C=O) groups is 1. The van der Waals surface area contributed by atoms with Gasteiger partial charge in [0.25, 0.3) is 0 Å². The van der Waals surface area contributed by atoms with Gasteiger partial charge < -0.3 is 14.8 Å². The number of ether oxygens (including phenoxy) is 2. The third-order valence-corrected chi connectivity index (χ3v) is 3.05. The van der Waals surface area contributed by atoms with Gasteiger partial charge in [-0.05, 0) is 32.4 Å². The Bertz CT molecular complexity index is 733. The van der Waals surface area contributed by atoms with Gasteiger partial charge >= 0.3 is 0 Å². The minimum Gasteiger partial charge on any atom is -0.489 e. The van der Waals surface area contributed by atoms with E-state index in [9.17, 15) is 4.79 Å². The highest BCUT2D eigenvalue weighted by atomic mass is 16.5. The molecule has 2 aromatic rings. The molecular weight excluding hydrogens is 318 g/mol. The maximum Gasteiger partial charge on any atom is 0.219 e. The summed E-state index contributed by atoms with van der Waals surface area (Å²) in [5.41, 5.74) is 0.916. The maximum absolute atomic E-state index is 11.0. The molecule has 0 aliphatic rings. The van der Waals surface area contributed by atoms with Crippen molar-refractivity contribution in [2.24, 2.45) is 0 Å². The van der Waals surface area contributed by atoms with E-state index in [1.165, 1.54) is 6.92 Å². The van der Waals surface area contributed by atoms with Gasteiger partial charge in [-0.2, -0.15) is 0 Å². The molecule has 2 aromatic heterocycles. The number of carbonyl (C=O) groups excluding carboxylic acids is 1. The van der Waals surface area contributed by atoms with Crippen LogP contribution in [0.3, 0.4) is 0 Å². The van der Waals surface area contributed by atoms with Crippen molar-refractivity contribution in [1.82, 2.24) is 15.3 Å². The molecule has 0 radical (unpaired) electrons. The van der Waals surface area contributed by atoms with Crippen molar-refractivity contribution in [1.29, 1.82) is 0 Å². The van der Waals surface area contributed by atoms with Gasteiger partial charge in [-0.1, -0.05) is 12.2 Å². The number of nitrogens with one attached hydrogen (secondary N) is 1. The maximum atomic E-state index is 11.0. The molecule has 0 fully saturated rings. The van der Waals surface area contributed by atoms with Crippen LogP contribution in [0.1, 0.15) is 34.7 Å². The molecule has 6 nitrogen and oxygen atoms in total. The number of pyridine rings is 2. The Balaban J connectivity index is 0.00000338. The summed E-state index contributed by atoms with van der Waals surface area (Å²) in [4.78, 5) is 19.4. The SMILES string of the molecule is CC(=O)N[C@@H](C)/C=C/c1ccc(Oc2cncc(OC(C)C)c2)nc1.[HH]. The summed E-state index contributed by atoms with van der Waals surface area (Å²) in [6.45, 7) is 7.30. The third kappa shape index (κ3) is 6.63. The summed E-state index contributed by atoms with van der Waals surface area (Å²) in [5, 5.41) is 2.79. The topological polar surface area (TPSA) is 73.3 Å². The van der Waals surface area contributed by atoms with Crippen molar-refractivity contribution in [3.8, 4) is 17.4 Å². The van der Waals surface area contributed by atoms with Gasteiger partial charge in [-0.3, -0.25) is 9.78 Å². The lowest BCUT2D eigenvalue weighted by molar-refractivity contribution is -0.119. The second-order valence-electron chi connectivity index (χ2n) is 5.90. The first-order valence-electron chi connectivity index (χ1n) is 8.13. The van der Waals surface area contributed by atoms with Gasteiger partial charge in [0.2, 0.25) is 11.8 Å². The molecular formula is C19H25N3O3. The molecule has 0 bridgehead atoms. The number of aromatic nitrogens is 2. The molecule has 2 heterocycles. The van der Waals surface area contributed by atoms with Crippen molar-refractivity contribution < 1.29 is 15.7 Å². The monoisotopic (exact) mass is 343 g/mol. The lowest BCUT2D eigenvalue weighted by atomic mass is 10.2. The average molecular weight is 343 g/mol. The minimum absolute atomic E-state index is 0. The second-order valence-corrected chi connectivity index (χ2v) is 5.90. The van der Waals surface area contributed by atoms with E-state index in [-0.39, 0.29) is 19.5 Å². The lowest BCUT2D eigenvalue weighted by Crippen LogP contribution is -2.28. The third-order valence-electron chi connectivity index (χ3n) is 3.05. The Morgan fingerprint density at radius 1 is 1.20 bits per heavy atom. The van der Waals surface area contributed by atoms with Crippen LogP contribution in [0.4, 0.5) is 0 Å². The molecule has 0 saturated heterocycles. The molecule has 0 aliphatic carbocycles. The fourth-order valence-electron chi connectivity index (χ4n) is 2.09. The van der Waals surface area contributed by atoms with E-state index in [1.807, 2.05) is 39.0 Å². The summed E-state index contributed by atoms with van der Waals surface area (Å²) < 4.78 is 11.3. The first-order valence-corrected chi connectivity index (χ1v) is 8.13. The predicted molar refractivity (Wildman–Crippen MR) is 98.7 cm³/mol. The Hall–Kier alpha value is -2.89. The summed E-state index contributed by atoms with van der Waals surface area (Å²) in [5.74, 6) is 1.62. The molecule has 1 N–H and O–H groups in total. The van der Waals surface area contributed by atoms with Crippen LogP contribution in [-0.2, 0) is 4.79 Å². The zero-order valence-electron chi connectivity index (χ0n) is 14.9. The van der Waals surface area contributed by atoms with Gasteiger partial charge in [0, 0.05) is 32.7 Å². The quantitative estimate of drug-likeness (QED) is 0.827. The number of hydrogen-bond acceptors (Lipinski definition) is 5. The molecule has 6 heteroatoms. The van der Waals surface area contributed by atoms with Crippen molar-refractivity contribution in [2.45, 2.75) is 39.8 Å². The highest BCUT2D eigenvalue weighted by molar-refractivity contribution is 5.73. The van der Waals surface area contributed by atoms with Crippen molar-refractivity contribution in [3.05, 3.63) is 48.4 Å². The van der Waals surface area contributed by atoms with Crippen LogP contribution in [0.2, 0.25) is 0 Å². The molecule has 0 aliphatic heterocycles. The number of hydrogen-bond donors (Lipinski definition) is 1. The van der Waals surface area contributed by atoms with Gasteiger partial charge in [0.15, 0.2) is 5.75 Å². The normalized spacial score (nSPS) is 12.2. The van der Waals surface area contributed by atoms with Crippen LogP contribution >= 0.6 is 0 Å². The smallest absolute Gasteiger partial charge is 0.219 e. The number of nitrogens with zero attached hydrogens (tertiary/aromatic N) is 2. The standard InChI is InChI=1S/C19H23N3O3.H2/c1-13(2)24-17-9-18(12-20-11-17)25-19-8-7-16(10-21-19)6-5-14(3)22-15(4)23;/h5-14H,1-4H3,(H,22,23);1H/b6-5+;/t14-;/m0./s1. The van der Waals surface area contributed by atoms with E-state index in [4.69, 9.17) is 9.47 Å². The first kappa shape index (κ1) is 18.4. The highest BCUT2D eigenvalue weighted by Gasteiger charge is 2.04. The van der Waals surface area contributed by atoms with Gasteiger partial charge in [-0.25, -0.2) is 4.98 Å². The van der Waals surface area contributed by atoms with E-state index >= 15 is 0 Å². The molecule has 1 amide bonds. The van der Waals surface area contributed by atoms with Crippen molar-refractivity contribution in [2.75, 3.05) is 0 Å². The Kier molecular flexibility index (Phi) is 6.51. The molecule has 0 unspecified atom stereocenters. The Labute approximate surface area is 149 Å². The molecule has 1 atom stereocenters. The van der Waals surface area contributed by atoms with E-state index in [1.54, 1.807) is 30.7 Å². The average Bonchev–Trinajstić information content (AvgIpc) is 2.53. The summed E-state index contributed by atoms with van der Waals surface area (Å²) in [6.07, 6.45) is 8.82. The van der Waals surface area contributed by atoms with E-state index in [0.29, 0.717) is 17.4 Å². The number of amides is 1. The molecule has 0 saturated carbocycles. The molecule has 25 heavy (non-hydrogen) atoms. The second kappa shape index (κ2) is 8.82. The first-order chi connectivity index (χ1) is 11.9. The van der Waals surface area contributed by atoms with E-state index in [2.05, 4.69) is 15.3 Å². The van der Waals surface area contributed by atoms with Crippen LogP contribution in [0.5, 0.6) is 17.4 Å². The van der Waals surface area contributed by atoms with Crippen LogP contribution in [-0.4, -0.2) is 28.0 Å². The van der Waals surface area contributed by atoms with Crippen molar-refractivity contribution >= 4 is 12.0 Å². The zero-order chi connectivity index (χ0) is 18.2. The van der Waals surface area contributed by atoms with E-state index < -0.39 is 0 Å². The summed E-state index contributed by atoms with van der Waals surface area (Å²) in [7, 11) is 0. The minimum atomic E-state index is -0.0590. The predicted octanol–water partition coefficient (Wildman–Crippen LogP) is 3.84. The highest BCUT2D eigenvalue weighted by Crippen LogP contribution is 2.23. The van der Waals surface area contributed by atoms with Crippen LogP contribution in [0, 0.1) is 0 Å². The van der Waals surface area contributed by atoms with Gasteiger partial charge in [-0.15, -0.1) is 0 Å². The van der Waals surface area contributed by atoms with Gasteiger partial charge in [0.05, 0.1) is 18.5 Å². The lowest BCUT2D eigenvalue weighted by Gasteiger charge is -2.10. The molecule has 2 rings (SSSR count). The van der Waals surface area contributed by atoms with Crippen LogP contribution in [0.15, 0.2) is 42.9 Å².